The van der Waals surface area contributed by atoms with Crippen molar-refractivity contribution in [3.05, 3.63) is 0 Å². The summed E-state index contributed by atoms with van der Waals surface area (Å²) in [5.74, 6) is 0.230. The van der Waals surface area contributed by atoms with Gasteiger partial charge in [-0.15, -0.1) is 0 Å². The molecule has 19 heavy (non-hydrogen) atoms. The molecule has 2 saturated heterocycles. The number of rotatable bonds is 1. The molecule has 0 bridgehead atoms. The second-order valence-electron chi connectivity index (χ2n) is 6.65. The molecular weight excluding hydrogens is 246 g/mol. The number of likely N-dealkylation sites (tertiary alicyclic amines) is 1. The second kappa shape index (κ2) is 5.29. The van der Waals surface area contributed by atoms with Crippen molar-refractivity contribution in [1.82, 2.24) is 4.90 Å². The quantitative estimate of drug-likeness (QED) is 0.790. The minimum atomic E-state index is -0.681. The Labute approximate surface area is 114 Å². The fourth-order valence-corrected chi connectivity index (χ4v) is 2.82. The summed E-state index contributed by atoms with van der Waals surface area (Å²) in [6.45, 7) is 8.00. The Bertz CT molecular complexity index is 323. The van der Waals surface area contributed by atoms with E-state index in [1.165, 1.54) is 0 Å². The first-order valence-electron chi connectivity index (χ1n) is 7.08. The number of piperidine rings is 1. The van der Waals surface area contributed by atoms with Gasteiger partial charge in [0.25, 0.3) is 0 Å². The number of carbonyl (C=O) groups excluding carboxylic acids is 1. The van der Waals surface area contributed by atoms with E-state index in [2.05, 4.69) is 0 Å². The van der Waals surface area contributed by atoms with Crippen molar-refractivity contribution in [2.24, 2.45) is 5.92 Å². The molecule has 2 heterocycles. The summed E-state index contributed by atoms with van der Waals surface area (Å²) in [6.07, 6.45) is 2.10. The topological polar surface area (TPSA) is 59.0 Å². The molecule has 0 saturated carbocycles. The third-order valence-corrected chi connectivity index (χ3v) is 3.94. The summed E-state index contributed by atoms with van der Waals surface area (Å²) in [6, 6.07) is 0. The monoisotopic (exact) mass is 271 g/mol. The third-order valence-electron chi connectivity index (χ3n) is 3.94. The van der Waals surface area contributed by atoms with Crippen LogP contribution in [0, 0.1) is 5.92 Å². The predicted molar refractivity (Wildman–Crippen MR) is 70.9 cm³/mol. The number of amides is 1. The number of carbonyl (C=O) groups is 1. The molecule has 2 aliphatic heterocycles. The van der Waals surface area contributed by atoms with Crippen LogP contribution in [0.5, 0.6) is 0 Å². The van der Waals surface area contributed by atoms with Gasteiger partial charge in [-0.05, 0) is 39.5 Å². The summed E-state index contributed by atoms with van der Waals surface area (Å²) in [4.78, 5) is 13.7. The van der Waals surface area contributed by atoms with Crippen LogP contribution in [-0.4, -0.2) is 53.6 Å². The maximum absolute atomic E-state index is 11.9. The van der Waals surface area contributed by atoms with Crippen molar-refractivity contribution in [2.75, 3.05) is 26.3 Å². The second-order valence-corrected chi connectivity index (χ2v) is 6.65. The van der Waals surface area contributed by atoms with Crippen LogP contribution in [0.1, 0.15) is 40.0 Å². The Morgan fingerprint density at radius 2 is 2.00 bits per heavy atom. The van der Waals surface area contributed by atoms with E-state index in [0.29, 0.717) is 32.7 Å². The van der Waals surface area contributed by atoms with Gasteiger partial charge in [0, 0.05) is 26.1 Å². The molecule has 2 rings (SSSR count). The number of nitrogens with zero attached hydrogens (tertiary/aromatic N) is 1. The zero-order valence-corrected chi connectivity index (χ0v) is 12.1. The van der Waals surface area contributed by atoms with Gasteiger partial charge in [-0.25, -0.2) is 4.79 Å². The molecule has 1 atom stereocenters. The average molecular weight is 271 g/mol. The van der Waals surface area contributed by atoms with Gasteiger partial charge >= 0.3 is 6.09 Å². The van der Waals surface area contributed by atoms with Crippen molar-refractivity contribution in [3.8, 4) is 0 Å². The highest BCUT2D eigenvalue weighted by atomic mass is 16.6. The van der Waals surface area contributed by atoms with Gasteiger partial charge < -0.3 is 19.5 Å². The molecule has 2 aliphatic rings. The number of aliphatic hydroxyl groups is 1. The van der Waals surface area contributed by atoms with E-state index < -0.39 is 11.2 Å². The third kappa shape index (κ3) is 3.60. The molecule has 0 aromatic carbocycles. The molecule has 0 aliphatic carbocycles. The summed E-state index contributed by atoms with van der Waals surface area (Å²) in [5, 5.41) is 10.5. The predicted octanol–water partition coefficient (Wildman–Crippen LogP) is 1.78. The lowest BCUT2D eigenvalue weighted by Crippen LogP contribution is -2.48. The number of ether oxygens (including phenoxy) is 2. The molecule has 1 N–H and O–H groups in total. The van der Waals surface area contributed by atoms with E-state index in [9.17, 15) is 9.90 Å². The van der Waals surface area contributed by atoms with Crippen LogP contribution in [0.4, 0.5) is 4.79 Å². The van der Waals surface area contributed by atoms with Crippen molar-refractivity contribution in [3.63, 3.8) is 0 Å². The highest BCUT2D eigenvalue weighted by molar-refractivity contribution is 5.68. The molecule has 0 aromatic heterocycles. The largest absolute Gasteiger partial charge is 0.444 e. The zero-order valence-electron chi connectivity index (χ0n) is 12.1. The lowest BCUT2D eigenvalue weighted by Gasteiger charge is -2.39. The van der Waals surface area contributed by atoms with Crippen LogP contribution in [0.25, 0.3) is 0 Å². The van der Waals surface area contributed by atoms with Crippen LogP contribution < -0.4 is 0 Å². The van der Waals surface area contributed by atoms with Gasteiger partial charge in [0.2, 0.25) is 0 Å². The van der Waals surface area contributed by atoms with E-state index in [1.54, 1.807) is 4.90 Å². The Morgan fingerprint density at radius 1 is 1.37 bits per heavy atom. The first-order valence-corrected chi connectivity index (χ1v) is 7.08. The average Bonchev–Trinajstić information content (AvgIpc) is 2.75. The fraction of sp³-hybridized carbons (Fsp3) is 0.929. The lowest BCUT2D eigenvalue weighted by molar-refractivity contribution is -0.0498. The minimum Gasteiger partial charge on any atom is -0.444 e. The van der Waals surface area contributed by atoms with E-state index in [-0.39, 0.29) is 12.0 Å². The Hall–Kier alpha value is -0.810. The molecule has 5 heteroatoms. The first-order chi connectivity index (χ1) is 8.80. The minimum absolute atomic E-state index is 0.230. The molecule has 2 fully saturated rings. The van der Waals surface area contributed by atoms with E-state index in [4.69, 9.17) is 9.47 Å². The highest BCUT2D eigenvalue weighted by Gasteiger charge is 2.42. The summed E-state index contributed by atoms with van der Waals surface area (Å²) in [5.41, 5.74) is -1.13. The molecule has 0 radical (unpaired) electrons. The van der Waals surface area contributed by atoms with Crippen molar-refractivity contribution >= 4 is 6.09 Å². The standard InChI is InChI=1S/C14H25NO4/c1-13(2,3)19-12(16)15-7-4-11(5-8-15)14(17)6-9-18-10-14/h11,17H,4-10H2,1-3H3. The van der Waals surface area contributed by atoms with E-state index in [0.717, 1.165) is 12.8 Å². The Morgan fingerprint density at radius 3 is 2.47 bits per heavy atom. The van der Waals surface area contributed by atoms with Crippen LogP contribution in [0.2, 0.25) is 0 Å². The maximum atomic E-state index is 11.9. The van der Waals surface area contributed by atoms with Crippen LogP contribution in [-0.2, 0) is 9.47 Å². The van der Waals surface area contributed by atoms with E-state index >= 15 is 0 Å². The smallest absolute Gasteiger partial charge is 0.410 e. The molecule has 110 valence electrons. The van der Waals surface area contributed by atoms with Crippen molar-refractivity contribution < 1.29 is 19.4 Å². The maximum Gasteiger partial charge on any atom is 0.410 e. The fourth-order valence-electron chi connectivity index (χ4n) is 2.82. The molecule has 0 aromatic rings. The Balaban J connectivity index is 1.84. The molecule has 0 spiro atoms. The van der Waals surface area contributed by atoms with Crippen LogP contribution >= 0.6 is 0 Å². The highest BCUT2D eigenvalue weighted by Crippen LogP contribution is 2.34. The van der Waals surface area contributed by atoms with Gasteiger partial charge in [-0.3, -0.25) is 0 Å². The van der Waals surface area contributed by atoms with Gasteiger partial charge in [0.1, 0.15) is 5.60 Å². The van der Waals surface area contributed by atoms with Gasteiger partial charge in [-0.1, -0.05) is 0 Å². The number of hydrogen-bond acceptors (Lipinski definition) is 4. The van der Waals surface area contributed by atoms with Crippen molar-refractivity contribution in [1.29, 1.82) is 0 Å². The Kier molecular flexibility index (Phi) is 4.06. The SMILES string of the molecule is CC(C)(C)OC(=O)N1CCC(C2(O)CCOC2)CC1. The van der Waals surface area contributed by atoms with Gasteiger partial charge in [0.15, 0.2) is 0 Å². The van der Waals surface area contributed by atoms with Crippen LogP contribution in [0.15, 0.2) is 0 Å². The molecule has 5 nitrogen and oxygen atoms in total. The molecule has 1 unspecified atom stereocenters. The number of hydrogen-bond donors (Lipinski definition) is 1. The summed E-state index contributed by atoms with van der Waals surface area (Å²) < 4.78 is 10.7. The summed E-state index contributed by atoms with van der Waals surface area (Å²) >= 11 is 0. The van der Waals surface area contributed by atoms with E-state index in [1.807, 2.05) is 20.8 Å². The zero-order chi connectivity index (χ0) is 14.1. The van der Waals surface area contributed by atoms with Gasteiger partial charge in [-0.2, -0.15) is 0 Å². The van der Waals surface area contributed by atoms with Gasteiger partial charge in [0.05, 0.1) is 12.2 Å². The lowest BCUT2D eigenvalue weighted by atomic mass is 9.80. The van der Waals surface area contributed by atoms with Crippen molar-refractivity contribution in [2.45, 2.75) is 51.2 Å². The van der Waals surface area contributed by atoms with Crippen LogP contribution in [0.3, 0.4) is 0 Å². The molecular formula is C14H25NO4. The summed E-state index contributed by atoms with van der Waals surface area (Å²) in [7, 11) is 0. The normalized spacial score (nSPS) is 29.6. The first kappa shape index (κ1) is 14.6. The molecule has 1 amide bonds.